The van der Waals surface area contributed by atoms with Gasteiger partial charge in [0.1, 0.15) is 0 Å². The average molecular weight is 142 g/mol. The molecule has 58 valence electrons. The van der Waals surface area contributed by atoms with Gasteiger partial charge in [-0.05, 0) is 6.42 Å². The topological polar surface area (TPSA) is 47.3 Å². The Morgan fingerprint density at radius 1 is 1.60 bits per heavy atom. The van der Waals surface area contributed by atoms with Crippen molar-refractivity contribution in [3.05, 3.63) is 0 Å². The standard InChI is InChI=1S/C7H14N2O/c8-6-3-9-4-7(6)1-2-10-5-7/h6,9H,1-5,8H2/t6-,7+/m1/s1. The Labute approximate surface area is 60.9 Å². The summed E-state index contributed by atoms with van der Waals surface area (Å²) >= 11 is 0. The van der Waals surface area contributed by atoms with E-state index in [-0.39, 0.29) is 0 Å². The number of hydrogen-bond donors (Lipinski definition) is 2. The highest BCUT2D eigenvalue weighted by Gasteiger charge is 2.43. The van der Waals surface area contributed by atoms with E-state index in [1.54, 1.807) is 0 Å². The molecule has 0 aromatic rings. The van der Waals surface area contributed by atoms with E-state index in [1.165, 1.54) is 0 Å². The molecule has 0 amide bonds. The molecule has 2 rings (SSSR count). The van der Waals surface area contributed by atoms with Crippen LogP contribution in [0.25, 0.3) is 0 Å². The molecule has 3 nitrogen and oxygen atoms in total. The Balaban J connectivity index is 2.11. The van der Waals surface area contributed by atoms with Crippen molar-refractivity contribution in [1.29, 1.82) is 0 Å². The fourth-order valence-electron chi connectivity index (χ4n) is 1.88. The zero-order chi connectivity index (χ0) is 7.03. The van der Waals surface area contributed by atoms with Crippen molar-refractivity contribution in [3.63, 3.8) is 0 Å². The highest BCUT2D eigenvalue weighted by atomic mass is 16.5. The lowest BCUT2D eigenvalue weighted by Crippen LogP contribution is -2.40. The molecule has 3 N–H and O–H groups in total. The first-order valence-electron chi connectivity index (χ1n) is 3.88. The molecule has 2 heterocycles. The number of ether oxygens (including phenoxy) is 1. The zero-order valence-corrected chi connectivity index (χ0v) is 6.10. The molecule has 0 unspecified atom stereocenters. The van der Waals surface area contributed by atoms with E-state index in [4.69, 9.17) is 10.5 Å². The second-order valence-corrected chi connectivity index (χ2v) is 3.40. The van der Waals surface area contributed by atoms with Crippen LogP contribution < -0.4 is 11.1 Å². The van der Waals surface area contributed by atoms with E-state index in [1.807, 2.05) is 0 Å². The molecule has 0 aromatic heterocycles. The molecule has 2 atom stereocenters. The maximum Gasteiger partial charge on any atom is 0.0550 e. The quantitative estimate of drug-likeness (QED) is 0.471. The van der Waals surface area contributed by atoms with Crippen molar-refractivity contribution in [2.24, 2.45) is 11.1 Å². The van der Waals surface area contributed by atoms with Gasteiger partial charge in [-0.15, -0.1) is 0 Å². The summed E-state index contributed by atoms with van der Waals surface area (Å²) in [7, 11) is 0. The van der Waals surface area contributed by atoms with Crippen LogP contribution in [0.2, 0.25) is 0 Å². The summed E-state index contributed by atoms with van der Waals surface area (Å²) in [5, 5.41) is 3.30. The van der Waals surface area contributed by atoms with E-state index < -0.39 is 0 Å². The highest BCUT2D eigenvalue weighted by molar-refractivity contribution is 4.99. The molecule has 0 aliphatic carbocycles. The summed E-state index contributed by atoms with van der Waals surface area (Å²) in [6.45, 7) is 3.77. The van der Waals surface area contributed by atoms with Gasteiger partial charge in [-0.1, -0.05) is 0 Å². The van der Waals surface area contributed by atoms with Gasteiger partial charge in [0.05, 0.1) is 6.61 Å². The summed E-state index contributed by atoms with van der Waals surface area (Å²) < 4.78 is 5.33. The summed E-state index contributed by atoms with van der Waals surface area (Å²) in [6, 6.07) is 0.315. The Morgan fingerprint density at radius 2 is 2.50 bits per heavy atom. The largest absolute Gasteiger partial charge is 0.381 e. The van der Waals surface area contributed by atoms with Crippen LogP contribution in [-0.2, 0) is 4.74 Å². The molecule has 2 saturated heterocycles. The van der Waals surface area contributed by atoms with E-state index in [0.29, 0.717) is 11.5 Å². The minimum absolute atomic E-state index is 0.292. The molecule has 0 radical (unpaired) electrons. The minimum Gasteiger partial charge on any atom is -0.381 e. The van der Waals surface area contributed by atoms with Crippen LogP contribution >= 0.6 is 0 Å². The third kappa shape index (κ3) is 0.779. The molecular formula is C7H14N2O. The first-order chi connectivity index (χ1) is 4.83. The Hall–Kier alpha value is -0.120. The smallest absolute Gasteiger partial charge is 0.0550 e. The first-order valence-corrected chi connectivity index (χ1v) is 3.88. The van der Waals surface area contributed by atoms with Crippen molar-refractivity contribution in [1.82, 2.24) is 5.32 Å². The predicted molar refractivity (Wildman–Crippen MR) is 38.7 cm³/mol. The number of nitrogens with one attached hydrogen (secondary N) is 1. The van der Waals surface area contributed by atoms with Crippen LogP contribution in [0.3, 0.4) is 0 Å². The van der Waals surface area contributed by atoms with Crippen molar-refractivity contribution >= 4 is 0 Å². The minimum atomic E-state index is 0.292. The van der Waals surface area contributed by atoms with Gasteiger partial charge in [-0.3, -0.25) is 0 Å². The van der Waals surface area contributed by atoms with Gasteiger partial charge in [0.15, 0.2) is 0 Å². The summed E-state index contributed by atoms with van der Waals surface area (Å²) in [4.78, 5) is 0. The lowest BCUT2D eigenvalue weighted by molar-refractivity contribution is 0.152. The van der Waals surface area contributed by atoms with Crippen LogP contribution in [0.1, 0.15) is 6.42 Å². The van der Waals surface area contributed by atoms with Gasteiger partial charge in [0.25, 0.3) is 0 Å². The fraction of sp³-hybridized carbons (Fsp3) is 1.00. The third-order valence-electron chi connectivity index (χ3n) is 2.76. The van der Waals surface area contributed by atoms with E-state index in [0.717, 1.165) is 32.7 Å². The number of hydrogen-bond acceptors (Lipinski definition) is 3. The maximum atomic E-state index is 5.93. The predicted octanol–water partition coefficient (Wildman–Crippen LogP) is -0.676. The molecule has 2 aliphatic heterocycles. The summed E-state index contributed by atoms with van der Waals surface area (Å²) in [6.07, 6.45) is 1.14. The van der Waals surface area contributed by atoms with Crippen LogP contribution in [0.15, 0.2) is 0 Å². The number of rotatable bonds is 0. The van der Waals surface area contributed by atoms with Crippen LogP contribution in [0, 0.1) is 5.41 Å². The molecule has 0 saturated carbocycles. The zero-order valence-electron chi connectivity index (χ0n) is 6.10. The van der Waals surface area contributed by atoms with Crippen LogP contribution in [0.4, 0.5) is 0 Å². The van der Waals surface area contributed by atoms with Crippen molar-refractivity contribution < 1.29 is 4.74 Å². The van der Waals surface area contributed by atoms with Crippen LogP contribution in [-0.4, -0.2) is 32.3 Å². The number of nitrogens with two attached hydrogens (primary N) is 1. The monoisotopic (exact) mass is 142 g/mol. The maximum absolute atomic E-state index is 5.93. The molecule has 3 heteroatoms. The lowest BCUT2D eigenvalue weighted by Gasteiger charge is -2.24. The highest BCUT2D eigenvalue weighted by Crippen LogP contribution is 2.33. The van der Waals surface area contributed by atoms with Crippen molar-refractivity contribution in [2.45, 2.75) is 12.5 Å². The van der Waals surface area contributed by atoms with Crippen LogP contribution in [0.5, 0.6) is 0 Å². The molecular weight excluding hydrogens is 128 g/mol. The van der Waals surface area contributed by atoms with E-state index in [9.17, 15) is 0 Å². The Morgan fingerprint density at radius 3 is 3.00 bits per heavy atom. The Kier molecular flexibility index (Phi) is 1.44. The van der Waals surface area contributed by atoms with Gasteiger partial charge < -0.3 is 15.8 Å². The van der Waals surface area contributed by atoms with Gasteiger partial charge in [-0.25, -0.2) is 0 Å². The normalized spacial score (nSPS) is 47.1. The molecule has 10 heavy (non-hydrogen) atoms. The van der Waals surface area contributed by atoms with Crippen molar-refractivity contribution in [3.8, 4) is 0 Å². The summed E-state index contributed by atoms with van der Waals surface area (Å²) in [5.74, 6) is 0. The molecule has 2 aliphatic rings. The second kappa shape index (κ2) is 2.19. The molecule has 0 aromatic carbocycles. The molecule has 0 bridgehead atoms. The fourth-order valence-corrected chi connectivity index (χ4v) is 1.88. The average Bonchev–Trinajstić information content (AvgIpc) is 2.48. The third-order valence-corrected chi connectivity index (χ3v) is 2.76. The van der Waals surface area contributed by atoms with Crippen molar-refractivity contribution in [2.75, 3.05) is 26.3 Å². The van der Waals surface area contributed by atoms with Gasteiger partial charge in [-0.2, -0.15) is 0 Å². The van der Waals surface area contributed by atoms with Gasteiger partial charge in [0, 0.05) is 31.2 Å². The van der Waals surface area contributed by atoms with E-state index in [2.05, 4.69) is 5.32 Å². The first kappa shape index (κ1) is 6.58. The molecule has 1 spiro atoms. The molecule has 2 fully saturated rings. The van der Waals surface area contributed by atoms with Gasteiger partial charge >= 0.3 is 0 Å². The SMILES string of the molecule is N[C@@H]1CNC[C@]12CCOC2. The Bertz CT molecular complexity index is 126. The van der Waals surface area contributed by atoms with E-state index >= 15 is 0 Å². The summed E-state index contributed by atoms with van der Waals surface area (Å²) in [5.41, 5.74) is 6.22. The second-order valence-electron chi connectivity index (χ2n) is 3.40. The lowest BCUT2D eigenvalue weighted by atomic mass is 9.83. The van der Waals surface area contributed by atoms with Gasteiger partial charge in [0.2, 0.25) is 0 Å².